The van der Waals surface area contributed by atoms with Crippen molar-refractivity contribution in [1.82, 2.24) is 15.1 Å². The maximum atomic E-state index is 10.7. The van der Waals surface area contributed by atoms with Crippen LogP contribution in [0.5, 0.6) is 0 Å². The molecule has 7 nitrogen and oxygen atoms in total. The molecule has 0 bridgehead atoms. The van der Waals surface area contributed by atoms with Gasteiger partial charge in [0.25, 0.3) is 0 Å². The van der Waals surface area contributed by atoms with Gasteiger partial charge in [-0.3, -0.25) is 14.7 Å². The molecule has 0 aliphatic carbocycles. The number of benzene rings is 1. The fourth-order valence-corrected chi connectivity index (χ4v) is 3.74. The molecule has 2 N–H and O–H groups in total. The quantitative estimate of drug-likeness (QED) is 0.142. The molecule has 1 aromatic rings. The minimum absolute atomic E-state index is 0.125. The number of piperazine rings is 1. The minimum Gasteiger partial charge on any atom is -0.481 e. The number of allylic oxidation sites excluding steroid dienone is 8. The summed E-state index contributed by atoms with van der Waals surface area (Å²) in [7, 11) is 0. The van der Waals surface area contributed by atoms with Crippen LogP contribution in [0.4, 0.5) is 11.4 Å². The molecule has 1 saturated heterocycles. The van der Waals surface area contributed by atoms with Gasteiger partial charge < -0.3 is 15.3 Å². The maximum absolute atomic E-state index is 10.7. The van der Waals surface area contributed by atoms with E-state index in [1.165, 1.54) is 0 Å². The molecular formula is C30H39N5O2. The molecule has 0 atom stereocenters. The standard InChI is InChI=1S/C30H39N5O2/c1-5-8-9-10-17-34-18-20-35(21-19-34)23-26-14-15-28(33-25(4)27(7-3)12-6-2)29(22-26)32-24-31-16-11-13-30(36)37/h5-10,12,14-15,17,22,24H,1-3,11,13,16,18-21,23H2,4H3,(H,31,32)(H,36,37)/b9-8-,17-10+,27-12+,33-25+. The van der Waals surface area contributed by atoms with E-state index in [-0.39, 0.29) is 6.42 Å². The van der Waals surface area contributed by atoms with Gasteiger partial charge in [-0.2, -0.15) is 0 Å². The van der Waals surface area contributed by atoms with Crippen molar-refractivity contribution in [2.75, 3.05) is 32.7 Å². The van der Waals surface area contributed by atoms with Crippen LogP contribution in [0.25, 0.3) is 0 Å². The highest BCUT2D eigenvalue weighted by Gasteiger charge is 2.15. The number of aliphatic carboxylic acids is 1. The first-order valence-corrected chi connectivity index (χ1v) is 12.5. The first-order chi connectivity index (χ1) is 18.0. The molecule has 1 heterocycles. The van der Waals surface area contributed by atoms with Gasteiger partial charge in [-0.1, -0.05) is 62.3 Å². The lowest BCUT2D eigenvalue weighted by Crippen LogP contribution is -2.43. The van der Waals surface area contributed by atoms with Crippen molar-refractivity contribution in [2.24, 2.45) is 9.98 Å². The van der Waals surface area contributed by atoms with Crippen molar-refractivity contribution in [1.29, 1.82) is 0 Å². The lowest BCUT2D eigenvalue weighted by Gasteiger charge is -2.34. The molecule has 37 heavy (non-hydrogen) atoms. The van der Waals surface area contributed by atoms with Gasteiger partial charge in [-0.05, 0) is 48.9 Å². The molecule has 0 spiro atoms. The summed E-state index contributed by atoms with van der Waals surface area (Å²) in [5, 5.41) is 11.9. The minimum atomic E-state index is -0.800. The van der Waals surface area contributed by atoms with E-state index in [1.807, 2.05) is 37.3 Å². The van der Waals surface area contributed by atoms with E-state index in [1.54, 1.807) is 24.6 Å². The third-order valence-electron chi connectivity index (χ3n) is 5.74. The number of carboxylic acids is 1. The second-order valence-electron chi connectivity index (χ2n) is 8.57. The van der Waals surface area contributed by atoms with Gasteiger partial charge in [0, 0.05) is 51.4 Å². The van der Waals surface area contributed by atoms with Crippen LogP contribution in [0.1, 0.15) is 25.3 Å². The van der Waals surface area contributed by atoms with Crippen LogP contribution in [-0.4, -0.2) is 65.6 Å². The van der Waals surface area contributed by atoms with Crippen molar-refractivity contribution in [3.8, 4) is 0 Å². The number of carbonyl (C=O) groups is 1. The van der Waals surface area contributed by atoms with E-state index in [2.05, 4.69) is 58.2 Å². The largest absolute Gasteiger partial charge is 0.481 e. The molecular weight excluding hydrogens is 462 g/mol. The van der Waals surface area contributed by atoms with Crippen LogP contribution in [0.3, 0.4) is 0 Å². The molecule has 0 radical (unpaired) electrons. The normalized spacial score (nSPS) is 15.5. The lowest BCUT2D eigenvalue weighted by molar-refractivity contribution is -0.137. The van der Waals surface area contributed by atoms with E-state index >= 15 is 0 Å². The van der Waals surface area contributed by atoms with Crippen molar-refractivity contribution in [3.05, 3.63) is 97.8 Å². The number of hydrogen-bond donors (Lipinski definition) is 2. The van der Waals surface area contributed by atoms with Gasteiger partial charge in [0.1, 0.15) is 0 Å². The fourth-order valence-electron chi connectivity index (χ4n) is 3.74. The van der Waals surface area contributed by atoms with Gasteiger partial charge in [0.15, 0.2) is 0 Å². The SMILES string of the molecule is C=C/C=C\C=C\N1CCN(Cc2ccc(/N=C(C)/C(C=C)=C/C=C)c(/N=C/NCCCC(=O)O)c2)CC1. The number of nitrogens with one attached hydrogen (secondary N) is 1. The first-order valence-electron chi connectivity index (χ1n) is 12.5. The number of hydrogen-bond acceptors (Lipinski definition) is 5. The van der Waals surface area contributed by atoms with Gasteiger partial charge in [0.05, 0.1) is 17.7 Å². The Morgan fingerprint density at radius 1 is 1.08 bits per heavy atom. The van der Waals surface area contributed by atoms with E-state index in [9.17, 15) is 4.79 Å². The Balaban J connectivity index is 2.13. The molecule has 1 aliphatic heterocycles. The lowest BCUT2D eigenvalue weighted by atomic mass is 10.1. The highest BCUT2D eigenvalue weighted by atomic mass is 16.4. The van der Waals surface area contributed by atoms with Crippen LogP contribution in [0, 0.1) is 0 Å². The van der Waals surface area contributed by atoms with E-state index < -0.39 is 5.97 Å². The predicted octanol–water partition coefficient (Wildman–Crippen LogP) is 5.57. The summed E-state index contributed by atoms with van der Waals surface area (Å²) in [6.07, 6.45) is 17.5. The van der Waals surface area contributed by atoms with Crippen molar-refractivity contribution in [3.63, 3.8) is 0 Å². The Labute approximate surface area is 221 Å². The van der Waals surface area contributed by atoms with Crippen molar-refractivity contribution < 1.29 is 9.90 Å². The van der Waals surface area contributed by atoms with Gasteiger partial charge in [0.2, 0.25) is 0 Å². The van der Waals surface area contributed by atoms with Crippen molar-refractivity contribution in [2.45, 2.75) is 26.3 Å². The molecule has 7 heteroatoms. The summed E-state index contributed by atoms with van der Waals surface area (Å²) < 4.78 is 0. The zero-order valence-electron chi connectivity index (χ0n) is 21.9. The monoisotopic (exact) mass is 501 g/mol. The highest BCUT2D eigenvalue weighted by Crippen LogP contribution is 2.30. The average molecular weight is 502 g/mol. The summed E-state index contributed by atoms with van der Waals surface area (Å²) in [4.78, 5) is 24.9. The molecule has 1 aromatic carbocycles. The summed E-state index contributed by atoms with van der Waals surface area (Å²) >= 11 is 0. The predicted molar refractivity (Wildman–Crippen MR) is 156 cm³/mol. The molecule has 0 aromatic heterocycles. The van der Waals surface area contributed by atoms with Crippen LogP contribution in [-0.2, 0) is 11.3 Å². The van der Waals surface area contributed by atoms with Crippen LogP contribution in [0.2, 0.25) is 0 Å². The number of carboxylic acid groups (broad SMARTS) is 1. The molecule has 2 rings (SSSR count). The summed E-state index contributed by atoms with van der Waals surface area (Å²) in [6, 6.07) is 6.16. The molecule has 1 fully saturated rings. The first kappa shape index (κ1) is 29.3. The summed E-state index contributed by atoms with van der Waals surface area (Å²) in [5.41, 5.74) is 4.39. The van der Waals surface area contributed by atoms with Gasteiger partial charge in [-0.15, -0.1) is 0 Å². The number of rotatable bonds is 15. The maximum Gasteiger partial charge on any atom is 0.303 e. The second-order valence-corrected chi connectivity index (χ2v) is 8.57. The Bertz CT molecular complexity index is 1070. The Kier molecular flexibility index (Phi) is 13.2. The third-order valence-corrected chi connectivity index (χ3v) is 5.74. The molecule has 0 saturated carbocycles. The van der Waals surface area contributed by atoms with Crippen LogP contribution in [0.15, 0.2) is 102 Å². The molecule has 196 valence electrons. The molecule has 0 unspecified atom stereocenters. The second kappa shape index (κ2) is 16.7. The Morgan fingerprint density at radius 3 is 2.54 bits per heavy atom. The molecule has 0 amide bonds. The average Bonchev–Trinajstić information content (AvgIpc) is 2.89. The van der Waals surface area contributed by atoms with Gasteiger partial charge >= 0.3 is 5.97 Å². The highest BCUT2D eigenvalue weighted by molar-refractivity contribution is 6.02. The number of nitrogens with zero attached hydrogens (tertiary/aromatic N) is 4. The van der Waals surface area contributed by atoms with E-state index in [0.717, 1.165) is 60.9 Å². The Morgan fingerprint density at radius 2 is 1.86 bits per heavy atom. The summed E-state index contributed by atoms with van der Waals surface area (Å²) in [5.74, 6) is -0.800. The Hall–Kier alpha value is -3.97. The van der Waals surface area contributed by atoms with Crippen molar-refractivity contribution >= 4 is 29.4 Å². The number of aliphatic imine (C=N–C) groups is 2. The fraction of sp³-hybridized carbons (Fsp3) is 0.300. The smallest absolute Gasteiger partial charge is 0.303 e. The van der Waals surface area contributed by atoms with Crippen LogP contribution < -0.4 is 5.32 Å². The topological polar surface area (TPSA) is 80.5 Å². The molecule has 1 aliphatic rings. The van der Waals surface area contributed by atoms with E-state index in [0.29, 0.717) is 13.0 Å². The zero-order valence-corrected chi connectivity index (χ0v) is 21.9. The van der Waals surface area contributed by atoms with E-state index in [4.69, 9.17) is 10.1 Å². The zero-order chi connectivity index (χ0) is 26.9. The summed E-state index contributed by atoms with van der Waals surface area (Å²) in [6.45, 7) is 18.5. The third kappa shape index (κ3) is 11.1. The van der Waals surface area contributed by atoms with Gasteiger partial charge in [-0.25, -0.2) is 4.99 Å². The van der Waals surface area contributed by atoms with Crippen LogP contribution >= 0.6 is 0 Å².